The van der Waals surface area contributed by atoms with Crippen LogP contribution in [0.2, 0.25) is 20.2 Å². The van der Waals surface area contributed by atoms with E-state index in [1.54, 1.807) is 30.5 Å². The summed E-state index contributed by atoms with van der Waals surface area (Å²) in [5, 5.41) is 1.74. The third kappa shape index (κ3) is 2.28. The molecule has 0 aliphatic rings. The van der Waals surface area contributed by atoms with Gasteiger partial charge >= 0.3 is 0 Å². The van der Waals surface area contributed by atoms with E-state index in [-0.39, 0.29) is 0 Å². The van der Waals surface area contributed by atoms with E-state index in [0.717, 1.165) is 0 Å². The smallest absolute Gasteiger partial charge is 0.136 e. The van der Waals surface area contributed by atoms with Crippen molar-refractivity contribution in [1.29, 1.82) is 0 Å². The van der Waals surface area contributed by atoms with Gasteiger partial charge in [0.05, 0.1) is 10.0 Å². The number of halogens is 4. The Bertz CT molecular complexity index is 516. The SMILES string of the molecule is Clc1cc(Cl)c(-c2cccnc2Cl)c(Cl)c1. The maximum absolute atomic E-state index is 6.09. The maximum atomic E-state index is 6.09. The fourth-order valence-corrected chi connectivity index (χ4v) is 2.61. The van der Waals surface area contributed by atoms with Gasteiger partial charge in [0.1, 0.15) is 5.15 Å². The number of benzene rings is 1. The van der Waals surface area contributed by atoms with Crippen molar-refractivity contribution >= 4 is 46.4 Å². The lowest BCUT2D eigenvalue weighted by Crippen LogP contribution is -1.85. The number of hydrogen-bond acceptors (Lipinski definition) is 1. The Labute approximate surface area is 113 Å². The molecule has 0 bridgehead atoms. The zero-order chi connectivity index (χ0) is 11.7. The van der Waals surface area contributed by atoms with E-state index in [2.05, 4.69) is 4.98 Å². The van der Waals surface area contributed by atoms with Crippen LogP contribution in [-0.2, 0) is 0 Å². The highest BCUT2D eigenvalue weighted by Gasteiger charge is 2.13. The monoisotopic (exact) mass is 291 g/mol. The average Bonchev–Trinajstić information content (AvgIpc) is 2.19. The highest BCUT2D eigenvalue weighted by Crippen LogP contribution is 2.39. The summed E-state index contributed by atoms with van der Waals surface area (Å²) in [7, 11) is 0. The van der Waals surface area contributed by atoms with Gasteiger partial charge in [-0.1, -0.05) is 46.4 Å². The first-order chi connectivity index (χ1) is 7.59. The molecular formula is C11H5Cl4N. The number of pyridine rings is 1. The van der Waals surface area contributed by atoms with Crippen LogP contribution in [0.15, 0.2) is 30.5 Å². The summed E-state index contributed by atoms with van der Waals surface area (Å²) in [6.07, 6.45) is 1.60. The Morgan fingerprint density at radius 1 is 0.938 bits per heavy atom. The Kier molecular flexibility index (Phi) is 3.60. The summed E-state index contributed by atoms with van der Waals surface area (Å²) < 4.78 is 0. The largest absolute Gasteiger partial charge is 0.244 e. The lowest BCUT2D eigenvalue weighted by Gasteiger charge is -2.08. The number of rotatable bonds is 1. The average molecular weight is 293 g/mol. The van der Waals surface area contributed by atoms with Gasteiger partial charge in [0.15, 0.2) is 0 Å². The van der Waals surface area contributed by atoms with Crippen molar-refractivity contribution in [2.45, 2.75) is 0 Å². The Morgan fingerprint density at radius 2 is 1.56 bits per heavy atom. The second kappa shape index (κ2) is 4.80. The van der Waals surface area contributed by atoms with Crippen LogP contribution in [0.4, 0.5) is 0 Å². The first kappa shape index (κ1) is 12.0. The van der Waals surface area contributed by atoms with E-state index in [1.165, 1.54) is 0 Å². The van der Waals surface area contributed by atoms with E-state index in [9.17, 15) is 0 Å². The quantitative estimate of drug-likeness (QED) is 0.645. The van der Waals surface area contributed by atoms with Crippen molar-refractivity contribution in [2.75, 3.05) is 0 Å². The molecule has 2 aromatic rings. The molecule has 5 heteroatoms. The minimum Gasteiger partial charge on any atom is -0.244 e. The molecule has 0 saturated carbocycles. The minimum absolute atomic E-state index is 0.355. The van der Waals surface area contributed by atoms with Gasteiger partial charge in [-0.15, -0.1) is 0 Å². The molecule has 16 heavy (non-hydrogen) atoms. The molecule has 0 fully saturated rings. The molecule has 0 aliphatic heterocycles. The normalized spacial score (nSPS) is 10.5. The summed E-state index contributed by atoms with van der Waals surface area (Å²) in [4.78, 5) is 3.98. The van der Waals surface area contributed by atoms with Crippen molar-refractivity contribution in [1.82, 2.24) is 4.98 Å². The molecule has 1 aromatic heterocycles. The van der Waals surface area contributed by atoms with Gasteiger partial charge in [0.25, 0.3) is 0 Å². The van der Waals surface area contributed by atoms with Gasteiger partial charge in [0.2, 0.25) is 0 Å². The Balaban J connectivity index is 2.70. The lowest BCUT2D eigenvalue weighted by molar-refractivity contribution is 1.33. The van der Waals surface area contributed by atoms with Gasteiger partial charge < -0.3 is 0 Å². The van der Waals surface area contributed by atoms with E-state index < -0.39 is 0 Å². The number of aromatic nitrogens is 1. The Morgan fingerprint density at radius 3 is 2.12 bits per heavy atom. The fraction of sp³-hybridized carbons (Fsp3) is 0. The number of nitrogens with zero attached hydrogens (tertiary/aromatic N) is 1. The molecule has 1 heterocycles. The molecule has 0 saturated heterocycles. The summed E-state index contributed by atoms with van der Waals surface area (Å²) in [5.41, 5.74) is 1.33. The van der Waals surface area contributed by atoms with E-state index in [1.807, 2.05) is 0 Å². The zero-order valence-electron chi connectivity index (χ0n) is 7.85. The molecule has 1 nitrogen and oxygen atoms in total. The van der Waals surface area contributed by atoms with Gasteiger partial charge in [-0.25, -0.2) is 4.98 Å². The maximum Gasteiger partial charge on any atom is 0.136 e. The molecule has 0 spiro atoms. The third-order valence-corrected chi connectivity index (χ3v) is 3.15. The highest BCUT2D eigenvalue weighted by atomic mass is 35.5. The topological polar surface area (TPSA) is 12.9 Å². The Hall–Kier alpha value is -0.470. The third-order valence-electron chi connectivity index (χ3n) is 2.04. The van der Waals surface area contributed by atoms with Crippen molar-refractivity contribution in [3.8, 4) is 11.1 Å². The fourth-order valence-electron chi connectivity index (χ4n) is 1.37. The molecule has 2 rings (SSSR count). The van der Waals surface area contributed by atoms with Gasteiger partial charge in [-0.05, 0) is 24.3 Å². The molecule has 0 radical (unpaired) electrons. The molecular weight excluding hydrogens is 288 g/mol. The summed E-state index contributed by atoms with van der Waals surface area (Å²) in [6, 6.07) is 6.81. The van der Waals surface area contributed by atoms with Crippen LogP contribution in [0.25, 0.3) is 11.1 Å². The van der Waals surface area contributed by atoms with Gasteiger partial charge in [-0.3, -0.25) is 0 Å². The predicted molar refractivity (Wildman–Crippen MR) is 69.7 cm³/mol. The van der Waals surface area contributed by atoms with Crippen LogP contribution in [-0.4, -0.2) is 4.98 Å². The minimum atomic E-state index is 0.355. The van der Waals surface area contributed by atoms with Crippen molar-refractivity contribution in [3.63, 3.8) is 0 Å². The summed E-state index contributed by atoms with van der Waals surface area (Å²) in [5.74, 6) is 0. The lowest BCUT2D eigenvalue weighted by atomic mass is 10.1. The molecule has 0 atom stereocenters. The molecule has 1 aromatic carbocycles. The first-order valence-electron chi connectivity index (χ1n) is 4.35. The molecule has 0 aliphatic carbocycles. The van der Waals surface area contributed by atoms with Crippen LogP contribution in [0.5, 0.6) is 0 Å². The molecule has 0 N–H and O–H groups in total. The van der Waals surface area contributed by atoms with Crippen molar-refractivity contribution < 1.29 is 0 Å². The van der Waals surface area contributed by atoms with Crippen LogP contribution in [0.3, 0.4) is 0 Å². The predicted octanol–water partition coefficient (Wildman–Crippen LogP) is 5.36. The highest BCUT2D eigenvalue weighted by molar-refractivity contribution is 6.42. The van der Waals surface area contributed by atoms with Crippen molar-refractivity contribution in [2.24, 2.45) is 0 Å². The second-order valence-corrected chi connectivity index (χ2v) is 4.70. The molecule has 0 amide bonds. The van der Waals surface area contributed by atoms with Crippen molar-refractivity contribution in [3.05, 3.63) is 50.7 Å². The van der Waals surface area contributed by atoms with E-state index in [0.29, 0.717) is 31.3 Å². The van der Waals surface area contributed by atoms with E-state index >= 15 is 0 Å². The van der Waals surface area contributed by atoms with Crippen LogP contribution >= 0.6 is 46.4 Å². The summed E-state index contributed by atoms with van der Waals surface area (Å²) >= 11 is 24.0. The summed E-state index contributed by atoms with van der Waals surface area (Å²) in [6.45, 7) is 0. The first-order valence-corrected chi connectivity index (χ1v) is 5.86. The molecule has 82 valence electrons. The van der Waals surface area contributed by atoms with Gasteiger partial charge in [0, 0.05) is 22.3 Å². The van der Waals surface area contributed by atoms with Crippen LogP contribution < -0.4 is 0 Å². The molecule has 0 unspecified atom stereocenters. The van der Waals surface area contributed by atoms with E-state index in [4.69, 9.17) is 46.4 Å². The number of hydrogen-bond donors (Lipinski definition) is 0. The van der Waals surface area contributed by atoms with Gasteiger partial charge in [-0.2, -0.15) is 0 Å². The zero-order valence-corrected chi connectivity index (χ0v) is 10.9. The standard InChI is InChI=1S/C11H5Cl4N/c12-6-4-8(13)10(9(14)5-6)7-2-1-3-16-11(7)15/h1-5H. The van der Waals surface area contributed by atoms with Crippen LogP contribution in [0.1, 0.15) is 0 Å². The van der Waals surface area contributed by atoms with Crippen LogP contribution in [0, 0.1) is 0 Å². The second-order valence-electron chi connectivity index (χ2n) is 3.09.